The van der Waals surface area contributed by atoms with Gasteiger partial charge in [0.1, 0.15) is 0 Å². The number of hydrogen-bond donors (Lipinski definition) is 1. The fraction of sp³-hybridized carbons (Fsp3) is 0.200. The molecule has 1 N–H and O–H groups in total. The average molecular weight is 536 g/mol. The summed E-state index contributed by atoms with van der Waals surface area (Å²) in [4.78, 5) is 0. The first-order chi connectivity index (χ1) is 20.0. The molecule has 0 aliphatic heterocycles. The fourth-order valence-electron chi connectivity index (χ4n) is 5.73. The zero-order valence-corrected chi connectivity index (χ0v) is 24.7. The van der Waals surface area contributed by atoms with Gasteiger partial charge in [-0.3, -0.25) is 0 Å². The Morgan fingerprint density at radius 2 is 1.78 bits per heavy atom. The Kier molecular flexibility index (Phi) is 8.85. The van der Waals surface area contributed by atoms with Crippen molar-refractivity contribution in [3.05, 3.63) is 167 Å². The van der Waals surface area contributed by atoms with Gasteiger partial charge < -0.3 is 5.32 Å². The van der Waals surface area contributed by atoms with Gasteiger partial charge in [-0.2, -0.15) is 0 Å². The number of rotatable bonds is 10. The topological polar surface area (TPSA) is 12.0 Å². The van der Waals surface area contributed by atoms with E-state index in [1.807, 2.05) is 6.08 Å². The molecule has 0 heterocycles. The van der Waals surface area contributed by atoms with Gasteiger partial charge in [-0.1, -0.05) is 143 Å². The lowest BCUT2D eigenvalue weighted by molar-refractivity contribution is 0.643. The van der Waals surface area contributed by atoms with E-state index in [0.717, 1.165) is 37.1 Å². The summed E-state index contributed by atoms with van der Waals surface area (Å²) < 4.78 is 0. The maximum absolute atomic E-state index is 4.00. The molecular formula is C40H41N. The lowest BCUT2D eigenvalue weighted by atomic mass is 9.82. The molecule has 0 atom stereocenters. The number of allylic oxidation sites excluding steroid dienone is 13. The van der Waals surface area contributed by atoms with Gasteiger partial charge in [0.05, 0.1) is 0 Å². The summed E-state index contributed by atoms with van der Waals surface area (Å²) in [7, 11) is 0. The quantitative estimate of drug-likeness (QED) is 0.255. The first kappa shape index (κ1) is 28.2. The van der Waals surface area contributed by atoms with Crippen LogP contribution in [0.3, 0.4) is 0 Å². The van der Waals surface area contributed by atoms with Gasteiger partial charge in [-0.25, -0.2) is 0 Å². The van der Waals surface area contributed by atoms with E-state index in [-0.39, 0.29) is 5.41 Å². The Bertz CT molecular complexity index is 1580. The van der Waals surface area contributed by atoms with Crippen molar-refractivity contribution in [1.29, 1.82) is 0 Å². The van der Waals surface area contributed by atoms with Gasteiger partial charge in [-0.05, 0) is 82.5 Å². The monoisotopic (exact) mass is 535 g/mol. The molecule has 0 amide bonds. The van der Waals surface area contributed by atoms with E-state index in [0.29, 0.717) is 0 Å². The minimum atomic E-state index is 0.0223. The van der Waals surface area contributed by atoms with Gasteiger partial charge in [0.25, 0.3) is 0 Å². The van der Waals surface area contributed by atoms with Crippen molar-refractivity contribution in [1.82, 2.24) is 0 Å². The van der Waals surface area contributed by atoms with Gasteiger partial charge in [0.2, 0.25) is 0 Å². The van der Waals surface area contributed by atoms with Crippen molar-refractivity contribution in [2.75, 3.05) is 5.32 Å². The predicted octanol–water partition coefficient (Wildman–Crippen LogP) is 11.1. The summed E-state index contributed by atoms with van der Waals surface area (Å²) in [5.41, 5.74) is 12.7. The molecule has 0 spiro atoms. The van der Waals surface area contributed by atoms with E-state index >= 15 is 0 Å². The minimum Gasteiger partial charge on any atom is -0.356 e. The van der Waals surface area contributed by atoms with Gasteiger partial charge in [0, 0.05) is 16.8 Å². The van der Waals surface area contributed by atoms with E-state index in [1.165, 1.54) is 44.5 Å². The van der Waals surface area contributed by atoms with E-state index in [2.05, 4.69) is 154 Å². The van der Waals surface area contributed by atoms with Crippen LogP contribution in [-0.4, -0.2) is 0 Å². The molecule has 41 heavy (non-hydrogen) atoms. The van der Waals surface area contributed by atoms with E-state index < -0.39 is 0 Å². The standard InChI is InChI=1S/C40H41N/c1-5-7-14-32(22-21-30(13-6-2)27-36-28-35-17-10-11-20-39(35)40(36,3)4)34-18-12-19-38(29-34)41-37-25-23-33(24-26-37)31-15-8-9-16-31/h6,8,10-27,29,41H,2,5,7,9,28H2,1,3-4H3/b22-21-,30-13-,32-14+,36-27+. The molecule has 0 saturated heterocycles. The van der Waals surface area contributed by atoms with Crippen LogP contribution in [0.25, 0.3) is 11.1 Å². The normalized spacial score (nSPS) is 17.2. The van der Waals surface area contributed by atoms with Crippen LogP contribution in [-0.2, 0) is 11.8 Å². The third-order valence-corrected chi connectivity index (χ3v) is 8.11. The smallest absolute Gasteiger partial charge is 0.0390 e. The number of nitrogens with one attached hydrogen (secondary N) is 1. The van der Waals surface area contributed by atoms with Crippen LogP contribution in [0.5, 0.6) is 0 Å². The highest BCUT2D eigenvalue weighted by atomic mass is 14.9. The molecule has 3 aromatic carbocycles. The zero-order valence-electron chi connectivity index (χ0n) is 24.7. The van der Waals surface area contributed by atoms with Crippen LogP contribution in [0.15, 0.2) is 145 Å². The molecule has 0 bridgehead atoms. The Morgan fingerprint density at radius 3 is 2.51 bits per heavy atom. The molecule has 206 valence electrons. The predicted molar refractivity (Wildman–Crippen MR) is 179 cm³/mol. The maximum atomic E-state index is 4.00. The van der Waals surface area contributed by atoms with Crippen LogP contribution in [0.1, 0.15) is 62.3 Å². The maximum Gasteiger partial charge on any atom is 0.0390 e. The molecule has 2 aliphatic carbocycles. The van der Waals surface area contributed by atoms with Crippen molar-refractivity contribution in [3.63, 3.8) is 0 Å². The number of hydrogen-bond acceptors (Lipinski definition) is 1. The third-order valence-electron chi connectivity index (χ3n) is 8.11. The molecule has 3 aromatic rings. The molecule has 0 fully saturated rings. The van der Waals surface area contributed by atoms with Crippen LogP contribution in [0.2, 0.25) is 0 Å². The van der Waals surface area contributed by atoms with Crippen molar-refractivity contribution < 1.29 is 0 Å². The van der Waals surface area contributed by atoms with Crippen LogP contribution >= 0.6 is 0 Å². The highest BCUT2D eigenvalue weighted by Gasteiger charge is 2.33. The second-order valence-corrected chi connectivity index (χ2v) is 11.4. The lowest BCUT2D eigenvalue weighted by Crippen LogP contribution is -2.15. The third kappa shape index (κ3) is 6.69. The second kappa shape index (κ2) is 12.9. The molecule has 0 radical (unpaired) electrons. The summed E-state index contributed by atoms with van der Waals surface area (Å²) in [6.45, 7) is 10.9. The molecule has 1 nitrogen and oxygen atoms in total. The zero-order chi connectivity index (χ0) is 28.7. The summed E-state index contributed by atoms with van der Waals surface area (Å²) in [6, 6.07) is 26.2. The molecule has 0 aromatic heterocycles. The largest absolute Gasteiger partial charge is 0.356 e. The summed E-state index contributed by atoms with van der Waals surface area (Å²) in [5, 5.41) is 3.60. The highest BCUT2D eigenvalue weighted by molar-refractivity contribution is 5.79. The summed E-state index contributed by atoms with van der Waals surface area (Å²) >= 11 is 0. The van der Waals surface area contributed by atoms with E-state index in [9.17, 15) is 0 Å². The SMILES string of the molecule is C=C/C=C(/C=C\C(=C/CCC)c1cccc(Nc2ccc(C3=CCC=C3)cc2)c1)\C=C1/Cc2ccccc2C1(C)C. The molecule has 5 rings (SSSR count). The number of fused-ring (bicyclic) bond motifs is 1. The van der Waals surface area contributed by atoms with Gasteiger partial charge in [-0.15, -0.1) is 0 Å². The Morgan fingerprint density at radius 1 is 0.951 bits per heavy atom. The second-order valence-electron chi connectivity index (χ2n) is 11.4. The first-order valence-corrected chi connectivity index (χ1v) is 14.8. The fourth-order valence-corrected chi connectivity index (χ4v) is 5.73. The number of benzene rings is 3. The van der Waals surface area contributed by atoms with Gasteiger partial charge >= 0.3 is 0 Å². The molecule has 0 unspecified atom stereocenters. The highest BCUT2D eigenvalue weighted by Crippen LogP contribution is 2.43. The Balaban J connectivity index is 1.37. The van der Waals surface area contributed by atoms with Crippen molar-refractivity contribution in [3.8, 4) is 0 Å². The lowest BCUT2D eigenvalue weighted by Gasteiger charge is -2.22. The Hall–Kier alpha value is -4.36. The Labute approximate surface area is 246 Å². The minimum absolute atomic E-state index is 0.0223. The van der Waals surface area contributed by atoms with E-state index in [4.69, 9.17) is 0 Å². The molecular weight excluding hydrogens is 494 g/mol. The first-order valence-electron chi connectivity index (χ1n) is 14.8. The van der Waals surface area contributed by atoms with Crippen LogP contribution in [0, 0.1) is 0 Å². The molecule has 1 heteroatoms. The molecule has 0 saturated carbocycles. The van der Waals surface area contributed by atoms with Crippen molar-refractivity contribution in [2.45, 2.75) is 51.9 Å². The number of unbranched alkanes of at least 4 members (excludes halogenated alkanes) is 1. The van der Waals surface area contributed by atoms with E-state index in [1.54, 1.807) is 0 Å². The summed E-state index contributed by atoms with van der Waals surface area (Å²) in [5.74, 6) is 0. The van der Waals surface area contributed by atoms with Crippen LogP contribution in [0.4, 0.5) is 11.4 Å². The summed E-state index contributed by atoms with van der Waals surface area (Å²) in [6.07, 6.45) is 24.0. The van der Waals surface area contributed by atoms with Crippen molar-refractivity contribution >= 4 is 22.5 Å². The molecule has 2 aliphatic rings. The average Bonchev–Trinajstić information content (AvgIpc) is 3.60. The van der Waals surface area contributed by atoms with Gasteiger partial charge in [0.15, 0.2) is 0 Å². The van der Waals surface area contributed by atoms with Crippen molar-refractivity contribution in [2.24, 2.45) is 0 Å². The number of anilines is 2. The van der Waals surface area contributed by atoms with Crippen LogP contribution < -0.4 is 5.32 Å².